The third kappa shape index (κ3) is 3.14. The second-order valence-corrected chi connectivity index (χ2v) is 6.39. The minimum atomic E-state index is -0.0193. The van der Waals surface area contributed by atoms with Gasteiger partial charge < -0.3 is 9.64 Å². The number of carbonyl (C=O) groups excluding carboxylic acids is 1. The summed E-state index contributed by atoms with van der Waals surface area (Å²) in [5, 5.41) is 16.3. The van der Waals surface area contributed by atoms with Gasteiger partial charge in [-0.05, 0) is 17.7 Å². The van der Waals surface area contributed by atoms with E-state index < -0.39 is 0 Å². The molecular weight excluding hydrogens is 318 g/mol. The molecule has 0 bridgehead atoms. The number of rotatable bonds is 3. The summed E-state index contributed by atoms with van der Waals surface area (Å²) < 4.78 is 5.31. The Morgan fingerprint density at radius 1 is 1.32 bits per heavy atom. The van der Waals surface area contributed by atoms with Gasteiger partial charge in [-0.3, -0.25) is 14.8 Å². The van der Waals surface area contributed by atoms with Gasteiger partial charge in [-0.15, -0.1) is 0 Å². The van der Waals surface area contributed by atoms with E-state index in [9.17, 15) is 4.79 Å². The number of benzene rings is 1. The number of hydrogen-bond acceptors (Lipinski definition) is 5. The summed E-state index contributed by atoms with van der Waals surface area (Å²) in [6.07, 6.45) is 0. The molecule has 1 saturated heterocycles. The van der Waals surface area contributed by atoms with Crippen LogP contribution in [0.1, 0.15) is 32.9 Å². The molecule has 1 fully saturated rings. The van der Waals surface area contributed by atoms with Crippen LogP contribution >= 0.6 is 0 Å². The van der Waals surface area contributed by atoms with Crippen molar-refractivity contribution < 1.29 is 9.53 Å². The van der Waals surface area contributed by atoms with Gasteiger partial charge in [-0.2, -0.15) is 10.4 Å². The largest absolute Gasteiger partial charge is 0.378 e. The fourth-order valence-electron chi connectivity index (χ4n) is 3.41. The van der Waals surface area contributed by atoms with Crippen molar-refractivity contribution in [3.05, 3.63) is 52.3 Å². The number of morpholine rings is 1. The van der Waals surface area contributed by atoms with Crippen LogP contribution in [0.25, 0.3) is 0 Å². The lowest BCUT2D eigenvalue weighted by Crippen LogP contribution is -2.41. The van der Waals surface area contributed by atoms with Crippen LogP contribution < -0.4 is 0 Å². The van der Waals surface area contributed by atoms with E-state index >= 15 is 0 Å². The normalized spacial score (nSPS) is 17.3. The van der Waals surface area contributed by atoms with Gasteiger partial charge in [-0.1, -0.05) is 12.1 Å². The van der Waals surface area contributed by atoms with Crippen LogP contribution in [0.15, 0.2) is 24.3 Å². The molecule has 4 rings (SSSR count). The summed E-state index contributed by atoms with van der Waals surface area (Å²) in [6, 6.07) is 9.80. The maximum Gasteiger partial charge on any atom is 0.274 e. The summed E-state index contributed by atoms with van der Waals surface area (Å²) in [5.41, 5.74) is 4.30. The number of nitrogens with zero attached hydrogens (tertiary/aromatic N) is 4. The third-order valence-electron chi connectivity index (χ3n) is 4.68. The smallest absolute Gasteiger partial charge is 0.274 e. The zero-order valence-corrected chi connectivity index (χ0v) is 13.9. The Morgan fingerprint density at radius 2 is 2.16 bits per heavy atom. The Bertz CT molecular complexity index is 832. The molecule has 3 heterocycles. The van der Waals surface area contributed by atoms with E-state index in [1.165, 1.54) is 0 Å². The molecule has 1 aromatic carbocycles. The molecule has 0 unspecified atom stereocenters. The number of hydrogen-bond donors (Lipinski definition) is 1. The molecule has 7 nitrogen and oxygen atoms in total. The number of nitrogens with one attached hydrogen (secondary N) is 1. The fourth-order valence-corrected chi connectivity index (χ4v) is 3.41. The van der Waals surface area contributed by atoms with Crippen molar-refractivity contribution >= 4 is 5.91 Å². The van der Waals surface area contributed by atoms with E-state index in [1.54, 1.807) is 11.0 Å². The zero-order chi connectivity index (χ0) is 17.2. The molecule has 1 N–H and O–H groups in total. The topological polar surface area (TPSA) is 85.2 Å². The first kappa shape index (κ1) is 15.8. The number of fused-ring (bicyclic) bond motifs is 1. The van der Waals surface area contributed by atoms with Crippen molar-refractivity contribution in [3.8, 4) is 6.07 Å². The maximum absolute atomic E-state index is 12.7. The van der Waals surface area contributed by atoms with Crippen molar-refractivity contribution in [3.63, 3.8) is 0 Å². The number of carbonyl (C=O) groups is 1. The Morgan fingerprint density at radius 3 is 2.96 bits per heavy atom. The van der Waals surface area contributed by atoms with Crippen LogP contribution in [-0.4, -0.2) is 52.2 Å². The van der Waals surface area contributed by atoms with Crippen molar-refractivity contribution in [1.82, 2.24) is 20.0 Å². The molecule has 7 heteroatoms. The SMILES string of the molecule is N#Cc1cccc(CN2Cc3[nH]nc(C(=O)N4CCOCC4)c3C2)c1. The highest BCUT2D eigenvalue weighted by atomic mass is 16.5. The quantitative estimate of drug-likeness (QED) is 0.912. The minimum absolute atomic E-state index is 0.0193. The lowest BCUT2D eigenvalue weighted by molar-refractivity contribution is 0.0298. The first-order chi connectivity index (χ1) is 12.2. The minimum Gasteiger partial charge on any atom is -0.378 e. The average Bonchev–Trinajstić information content (AvgIpc) is 3.22. The Kier molecular flexibility index (Phi) is 4.22. The highest BCUT2D eigenvalue weighted by Crippen LogP contribution is 2.26. The number of nitriles is 1. The van der Waals surface area contributed by atoms with Gasteiger partial charge in [0, 0.05) is 38.3 Å². The Labute approximate surface area is 145 Å². The molecule has 2 aliphatic heterocycles. The highest BCUT2D eigenvalue weighted by Gasteiger charge is 2.30. The average molecular weight is 337 g/mol. The lowest BCUT2D eigenvalue weighted by atomic mass is 10.1. The molecule has 0 atom stereocenters. The summed E-state index contributed by atoms with van der Waals surface area (Å²) >= 11 is 0. The summed E-state index contributed by atoms with van der Waals surface area (Å²) in [4.78, 5) is 16.8. The molecule has 0 aliphatic carbocycles. The van der Waals surface area contributed by atoms with Gasteiger partial charge >= 0.3 is 0 Å². The van der Waals surface area contributed by atoms with Crippen LogP contribution in [0, 0.1) is 11.3 Å². The van der Waals surface area contributed by atoms with E-state index in [2.05, 4.69) is 21.2 Å². The van der Waals surface area contributed by atoms with Crippen molar-refractivity contribution in [2.75, 3.05) is 26.3 Å². The Hall–Kier alpha value is -2.69. The molecule has 25 heavy (non-hydrogen) atoms. The van der Waals surface area contributed by atoms with E-state index in [0.29, 0.717) is 44.1 Å². The van der Waals surface area contributed by atoms with E-state index in [-0.39, 0.29) is 5.91 Å². The number of amides is 1. The van der Waals surface area contributed by atoms with Gasteiger partial charge in [0.05, 0.1) is 30.5 Å². The number of H-pyrrole nitrogens is 1. The predicted octanol–water partition coefficient (Wildman–Crippen LogP) is 1.27. The Balaban J connectivity index is 1.47. The molecular formula is C18H19N5O2. The molecule has 2 aliphatic rings. The van der Waals surface area contributed by atoms with Gasteiger partial charge in [-0.25, -0.2) is 0 Å². The predicted molar refractivity (Wildman–Crippen MR) is 89.4 cm³/mol. The maximum atomic E-state index is 12.7. The van der Waals surface area contributed by atoms with Crippen LogP contribution in [0.5, 0.6) is 0 Å². The third-order valence-corrected chi connectivity index (χ3v) is 4.68. The van der Waals surface area contributed by atoms with E-state index in [0.717, 1.165) is 29.9 Å². The number of ether oxygens (including phenoxy) is 1. The second kappa shape index (κ2) is 6.67. The van der Waals surface area contributed by atoms with E-state index in [1.807, 2.05) is 18.2 Å². The monoisotopic (exact) mass is 337 g/mol. The van der Waals surface area contributed by atoms with Crippen molar-refractivity contribution in [1.29, 1.82) is 5.26 Å². The highest BCUT2D eigenvalue weighted by molar-refractivity contribution is 5.94. The fraction of sp³-hybridized carbons (Fsp3) is 0.389. The van der Waals surface area contributed by atoms with Gasteiger partial charge in [0.15, 0.2) is 5.69 Å². The van der Waals surface area contributed by atoms with Gasteiger partial charge in [0.25, 0.3) is 5.91 Å². The molecule has 0 saturated carbocycles. The second-order valence-electron chi connectivity index (χ2n) is 6.39. The standard InChI is InChI=1S/C18H19N5O2/c19-9-13-2-1-3-14(8-13)10-22-11-15-16(12-22)20-21-17(15)18(24)23-4-6-25-7-5-23/h1-3,8H,4-7,10-12H2,(H,20,21). The van der Waals surface area contributed by atoms with Gasteiger partial charge in [0.2, 0.25) is 0 Å². The molecule has 1 amide bonds. The van der Waals surface area contributed by atoms with Crippen LogP contribution in [0.3, 0.4) is 0 Å². The molecule has 2 aromatic rings. The van der Waals surface area contributed by atoms with Crippen molar-refractivity contribution in [2.24, 2.45) is 0 Å². The van der Waals surface area contributed by atoms with E-state index in [4.69, 9.17) is 10.00 Å². The lowest BCUT2D eigenvalue weighted by Gasteiger charge is -2.26. The first-order valence-corrected chi connectivity index (χ1v) is 8.39. The van der Waals surface area contributed by atoms with Crippen LogP contribution in [0.4, 0.5) is 0 Å². The number of aromatic amines is 1. The summed E-state index contributed by atoms with van der Waals surface area (Å²) in [7, 11) is 0. The van der Waals surface area contributed by atoms with Gasteiger partial charge in [0.1, 0.15) is 0 Å². The molecule has 128 valence electrons. The van der Waals surface area contributed by atoms with Crippen LogP contribution in [0.2, 0.25) is 0 Å². The number of aromatic nitrogens is 2. The molecule has 1 aromatic heterocycles. The molecule has 0 radical (unpaired) electrons. The van der Waals surface area contributed by atoms with Crippen molar-refractivity contribution in [2.45, 2.75) is 19.6 Å². The zero-order valence-electron chi connectivity index (χ0n) is 13.9. The van der Waals surface area contributed by atoms with Crippen LogP contribution in [-0.2, 0) is 24.4 Å². The summed E-state index contributed by atoms with van der Waals surface area (Å²) in [6.45, 7) is 4.56. The first-order valence-electron chi connectivity index (χ1n) is 8.39. The summed E-state index contributed by atoms with van der Waals surface area (Å²) in [5.74, 6) is -0.0193. The molecule has 0 spiro atoms.